The van der Waals surface area contributed by atoms with E-state index in [1.165, 1.54) is 12.1 Å². The van der Waals surface area contributed by atoms with Gasteiger partial charge in [-0.1, -0.05) is 12.1 Å². The molecule has 6 nitrogen and oxygen atoms in total. The van der Waals surface area contributed by atoms with Gasteiger partial charge in [0.1, 0.15) is 0 Å². The molecular formula is C13H18N2O4. The number of morpholine rings is 1. The van der Waals surface area contributed by atoms with Crippen LogP contribution in [0.5, 0.6) is 0 Å². The van der Waals surface area contributed by atoms with Gasteiger partial charge in [-0.2, -0.15) is 0 Å². The first-order chi connectivity index (χ1) is 9.08. The number of benzene rings is 1. The Labute approximate surface area is 111 Å². The highest BCUT2D eigenvalue weighted by molar-refractivity contribution is 5.32. The van der Waals surface area contributed by atoms with E-state index in [0.717, 1.165) is 12.1 Å². The van der Waals surface area contributed by atoms with Crippen molar-refractivity contribution in [2.45, 2.75) is 25.7 Å². The molecule has 19 heavy (non-hydrogen) atoms. The van der Waals surface area contributed by atoms with E-state index >= 15 is 0 Å². The lowest BCUT2D eigenvalue weighted by Gasteiger charge is -2.36. The maximum Gasteiger partial charge on any atom is 0.269 e. The zero-order chi connectivity index (χ0) is 13.8. The number of rotatable bonds is 4. The summed E-state index contributed by atoms with van der Waals surface area (Å²) >= 11 is 0. The molecule has 0 saturated carbocycles. The Morgan fingerprint density at radius 1 is 1.42 bits per heavy atom. The summed E-state index contributed by atoms with van der Waals surface area (Å²) in [4.78, 5) is 12.4. The van der Waals surface area contributed by atoms with Crippen LogP contribution in [0.25, 0.3) is 0 Å². The minimum Gasteiger partial charge on any atom is -0.394 e. The first kappa shape index (κ1) is 13.9. The van der Waals surface area contributed by atoms with Gasteiger partial charge in [-0.25, -0.2) is 0 Å². The predicted molar refractivity (Wildman–Crippen MR) is 69.8 cm³/mol. The molecule has 2 unspecified atom stereocenters. The average molecular weight is 266 g/mol. The van der Waals surface area contributed by atoms with Gasteiger partial charge in [0, 0.05) is 31.8 Å². The quantitative estimate of drug-likeness (QED) is 0.654. The van der Waals surface area contributed by atoms with Crippen LogP contribution in [0, 0.1) is 10.1 Å². The fourth-order valence-electron chi connectivity index (χ4n) is 2.35. The standard InChI is InChI=1S/C13H18N2O4/c1-10-6-14(8-13(9-16)19-10)7-11-2-4-12(5-3-11)15(17)18/h2-5,10,13,16H,6-9H2,1H3. The van der Waals surface area contributed by atoms with Crippen molar-refractivity contribution in [1.82, 2.24) is 4.90 Å². The highest BCUT2D eigenvalue weighted by Crippen LogP contribution is 2.17. The van der Waals surface area contributed by atoms with Crippen molar-refractivity contribution in [3.05, 3.63) is 39.9 Å². The molecule has 0 aromatic heterocycles. The maximum atomic E-state index is 10.6. The second-order valence-electron chi connectivity index (χ2n) is 4.87. The molecule has 2 atom stereocenters. The van der Waals surface area contributed by atoms with E-state index in [1.54, 1.807) is 12.1 Å². The Bertz CT molecular complexity index is 435. The van der Waals surface area contributed by atoms with Gasteiger partial charge in [-0.15, -0.1) is 0 Å². The molecule has 1 aromatic rings. The largest absolute Gasteiger partial charge is 0.394 e. The normalized spacial score (nSPS) is 24.3. The van der Waals surface area contributed by atoms with Gasteiger partial charge in [-0.05, 0) is 12.5 Å². The van der Waals surface area contributed by atoms with Crippen LogP contribution in [0.4, 0.5) is 5.69 Å². The zero-order valence-corrected chi connectivity index (χ0v) is 10.9. The summed E-state index contributed by atoms with van der Waals surface area (Å²) < 4.78 is 5.57. The monoisotopic (exact) mass is 266 g/mol. The van der Waals surface area contributed by atoms with Crippen molar-refractivity contribution in [3.63, 3.8) is 0 Å². The van der Waals surface area contributed by atoms with Crippen LogP contribution in [0.2, 0.25) is 0 Å². The number of non-ortho nitro benzene ring substituents is 1. The van der Waals surface area contributed by atoms with E-state index in [9.17, 15) is 10.1 Å². The van der Waals surface area contributed by atoms with E-state index < -0.39 is 4.92 Å². The average Bonchev–Trinajstić information content (AvgIpc) is 2.38. The van der Waals surface area contributed by atoms with Crippen molar-refractivity contribution in [3.8, 4) is 0 Å². The minimum absolute atomic E-state index is 0.0150. The summed E-state index contributed by atoms with van der Waals surface area (Å²) in [5, 5.41) is 19.7. The Morgan fingerprint density at radius 3 is 2.68 bits per heavy atom. The minimum atomic E-state index is -0.400. The molecule has 1 aliphatic rings. The molecule has 0 bridgehead atoms. The van der Waals surface area contributed by atoms with Crippen LogP contribution < -0.4 is 0 Å². The lowest BCUT2D eigenvalue weighted by molar-refractivity contribution is -0.384. The van der Waals surface area contributed by atoms with Gasteiger partial charge in [0.25, 0.3) is 5.69 Å². The van der Waals surface area contributed by atoms with Crippen molar-refractivity contribution in [2.24, 2.45) is 0 Å². The molecule has 0 radical (unpaired) electrons. The Hall–Kier alpha value is -1.50. The lowest BCUT2D eigenvalue weighted by atomic mass is 10.1. The van der Waals surface area contributed by atoms with Crippen LogP contribution in [0.1, 0.15) is 12.5 Å². The molecule has 2 rings (SSSR count). The Kier molecular flexibility index (Phi) is 4.47. The first-order valence-electron chi connectivity index (χ1n) is 6.30. The first-order valence-corrected chi connectivity index (χ1v) is 6.30. The predicted octanol–water partition coefficient (Wildman–Crippen LogP) is 1.18. The number of aliphatic hydroxyl groups is 1. The van der Waals surface area contributed by atoms with Crippen molar-refractivity contribution in [1.29, 1.82) is 0 Å². The molecule has 0 amide bonds. The van der Waals surface area contributed by atoms with Crippen LogP contribution in [0.3, 0.4) is 0 Å². The van der Waals surface area contributed by atoms with Gasteiger partial charge in [-0.3, -0.25) is 15.0 Å². The molecule has 6 heteroatoms. The number of aliphatic hydroxyl groups excluding tert-OH is 1. The summed E-state index contributed by atoms with van der Waals surface area (Å²) in [6, 6.07) is 6.57. The third kappa shape index (κ3) is 3.73. The van der Waals surface area contributed by atoms with Crippen molar-refractivity contribution in [2.75, 3.05) is 19.7 Å². The van der Waals surface area contributed by atoms with E-state index in [-0.39, 0.29) is 24.5 Å². The summed E-state index contributed by atoms with van der Waals surface area (Å²) in [5.41, 5.74) is 1.13. The Morgan fingerprint density at radius 2 is 2.11 bits per heavy atom. The summed E-state index contributed by atoms with van der Waals surface area (Å²) in [6.45, 7) is 4.18. The van der Waals surface area contributed by atoms with E-state index in [2.05, 4.69) is 4.90 Å². The number of nitro benzene ring substituents is 1. The number of hydrogen-bond acceptors (Lipinski definition) is 5. The fraction of sp³-hybridized carbons (Fsp3) is 0.538. The van der Waals surface area contributed by atoms with Gasteiger partial charge in [0.2, 0.25) is 0 Å². The third-order valence-electron chi connectivity index (χ3n) is 3.16. The van der Waals surface area contributed by atoms with Crippen molar-refractivity contribution >= 4 is 5.69 Å². The van der Waals surface area contributed by atoms with Crippen LogP contribution in [-0.2, 0) is 11.3 Å². The fourth-order valence-corrected chi connectivity index (χ4v) is 2.35. The number of ether oxygens (including phenoxy) is 1. The SMILES string of the molecule is CC1CN(Cc2ccc([N+](=O)[O-])cc2)CC(CO)O1. The zero-order valence-electron chi connectivity index (χ0n) is 10.9. The van der Waals surface area contributed by atoms with Crippen molar-refractivity contribution < 1.29 is 14.8 Å². The van der Waals surface area contributed by atoms with Gasteiger partial charge >= 0.3 is 0 Å². The molecule has 0 spiro atoms. The molecule has 1 saturated heterocycles. The van der Waals surface area contributed by atoms with E-state index in [0.29, 0.717) is 13.1 Å². The summed E-state index contributed by atoms with van der Waals surface area (Å²) in [7, 11) is 0. The molecular weight excluding hydrogens is 248 g/mol. The summed E-state index contributed by atoms with van der Waals surface area (Å²) in [6.07, 6.45) is -0.0641. The number of hydrogen-bond donors (Lipinski definition) is 1. The topological polar surface area (TPSA) is 75.8 Å². The molecule has 1 aromatic carbocycles. The van der Waals surface area contributed by atoms with Gasteiger partial charge < -0.3 is 9.84 Å². The lowest BCUT2D eigenvalue weighted by Crippen LogP contribution is -2.47. The second-order valence-corrected chi connectivity index (χ2v) is 4.87. The number of nitrogens with zero attached hydrogens (tertiary/aromatic N) is 2. The van der Waals surface area contributed by atoms with Gasteiger partial charge in [0.05, 0.1) is 23.7 Å². The van der Waals surface area contributed by atoms with Crippen LogP contribution in [0.15, 0.2) is 24.3 Å². The van der Waals surface area contributed by atoms with Gasteiger partial charge in [0.15, 0.2) is 0 Å². The summed E-state index contributed by atoms with van der Waals surface area (Å²) in [5.74, 6) is 0. The highest BCUT2D eigenvalue weighted by atomic mass is 16.6. The highest BCUT2D eigenvalue weighted by Gasteiger charge is 2.24. The molecule has 1 aliphatic heterocycles. The van der Waals surface area contributed by atoms with Crippen LogP contribution >= 0.6 is 0 Å². The molecule has 1 fully saturated rings. The smallest absolute Gasteiger partial charge is 0.269 e. The van der Waals surface area contributed by atoms with E-state index in [1.807, 2.05) is 6.92 Å². The third-order valence-corrected chi connectivity index (χ3v) is 3.16. The van der Waals surface area contributed by atoms with Crippen LogP contribution in [-0.4, -0.2) is 46.8 Å². The second kappa shape index (κ2) is 6.10. The molecule has 1 heterocycles. The molecule has 104 valence electrons. The number of nitro groups is 1. The molecule has 0 aliphatic carbocycles. The van der Waals surface area contributed by atoms with E-state index in [4.69, 9.17) is 9.84 Å². The maximum absolute atomic E-state index is 10.6. The Balaban J connectivity index is 1.98. The molecule has 1 N–H and O–H groups in total.